The quantitative estimate of drug-likeness (QED) is 0.699. The average Bonchev–Trinajstić information content (AvgIpc) is 2.34. The Balaban J connectivity index is 2.91. The third kappa shape index (κ3) is 1.85. The fourth-order valence-corrected chi connectivity index (χ4v) is 1.28. The first-order valence-corrected chi connectivity index (χ1v) is 4.23. The Bertz CT molecular complexity index is 245. The van der Waals surface area contributed by atoms with Gasteiger partial charge in [-0.2, -0.15) is 0 Å². The molecule has 0 amide bonds. The zero-order chi connectivity index (χ0) is 9.19. The maximum atomic E-state index is 4.31. The van der Waals surface area contributed by atoms with Crippen molar-refractivity contribution in [2.75, 3.05) is 7.05 Å². The summed E-state index contributed by atoms with van der Waals surface area (Å²) in [5.41, 5.74) is 2.47. The second-order valence-electron chi connectivity index (χ2n) is 4.01. The maximum absolute atomic E-state index is 4.31. The number of hydrogen-bond donors (Lipinski definition) is 2. The molecule has 0 saturated heterocycles. The molecule has 1 heterocycles. The van der Waals surface area contributed by atoms with Crippen LogP contribution >= 0.6 is 0 Å². The van der Waals surface area contributed by atoms with Crippen molar-refractivity contribution in [3.05, 3.63) is 17.7 Å². The molecule has 3 heteroatoms. The highest BCUT2D eigenvalue weighted by Crippen LogP contribution is 2.22. The summed E-state index contributed by atoms with van der Waals surface area (Å²) >= 11 is 0. The van der Waals surface area contributed by atoms with Crippen molar-refractivity contribution in [1.82, 2.24) is 15.3 Å². The van der Waals surface area contributed by atoms with Crippen molar-refractivity contribution in [3.63, 3.8) is 0 Å². The third-order valence-electron chi connectivity index (χ3n) is 1.78. The molecule has 0 radical (unpaired) electrons. The normalized spacial score (nSPS) is 12.0. The van der Waals surface area contributed by atoms with E-state index in [1.165, 1.54) is 5.69 Å². The number of nitrogens with zero attached hydrogens (tertiary/aromatic N) is 1. The van der Waals surface area contributed by atoms with Crippen molar-refractivity contribution in [2.45, 2.75) is 32.7 Å². The predicted octanol–water partition coefficient (Wildman–Crippen LogP) is 1.43. The lowest BCUT2D eigenvalue weighted by molar-refractivity contribution is 0.560. The summed E-state index contributed by atoms with van der Waals surface area (Å²) in [5.74, 6) is 0. The molecule has 0 saturated carbocycles. The Morgan fingerprint density at radius 3 is 2.67 bits per heavy atom. The van der Waals surface area contributed by atoms with Crippen LogP contribution in [0, 0.1) is 0 Å². The van der Waals surface area contributed by atoms with Crippen LogP contribution in [0.3, 0.4) is 0 Å². The van der Waals surface area contributed by atoms with Crippen LogP contribution < -0.4 is 5.32 Å². The summed E-state index contributed by atoms with van der Waals surface area (Å²) in [6.07, 6.45) is 1.76. The Kier molecular flexibility index (Phi) is 2.52. The number of nitrogens with one attached hydrogen (secondary N) is 2. The van der Waals surface area contributed by atoms with Crippen molar-refractivity contribution >= 4 is 0 Å². The van der Waals surface area contributed by atoms with E-state index in [1.807, 2.05) is 7.05 Å². The fourth-order valence-electron chi connectivity index (χ4n) is 1.28. The molecule has 3 nitrogen and oxygen atoms in total. The van der Waals surface area contributed by atoms with E-state index in [2.05, 4.69) is 36.1 Å². The minimum absolute atomic E-state index is 0.131. The van der Waals surface area contributed by atoms with Gasteiger partial charge in [0.15, 0.2) is 0 Å². The lowest BCUT2D eigenvalue weighted by Gasteiger charge is -2.17. The van der Waals surface area contributed by atoms with Gasteiger partial charge in [0.2, 0.25) is 0 Å². The SMILES string of the molecule is CNCc1[nH]cnc1C(C)(C)C. The Labute approximate surface area is 73.6 Å². The third-order valence-corrected chi connectivity index (χ3v) is 1.78. The standard InChI is InChI=1S/C9H17N3/c1-9(2,3)8-7(5-10-4)11-6-12-8/h6,10H,5H2,1-4H3,(H,11,12). The van der Waals surface area contributed by atoms with Gasteiger partial charge in [-0.3, -0.25) is 0 Å². The average molecular weight is 167 g/mol. The molecule has 0 aliphatic rings. The molecule has 0 aromatic carbocycles. The van der Waals surface area contributed by atoms with Gasteiger partial charge in [0.1, 0.15) is 0 Å². The zero-order valence-electron chi connectivity index (χ0n) is 8.23. The molecule has 0 spiro atoms. The van der Waals surface area contributed by atoms with E-state index >= 15 is 0 Å². The van der Waals surface area contributed by atoms with Crippen LogP contribution in [0.25, 0.3) is 0 Å². The molecule has 0 fully saturated rings. The molecule has 68 valence electrons. The fraction of sp³-hybridized carbons (Fsp3) is 0.667. The highest BCUT2D eigenvalue weighted by Gasteiger charge is 2.19. The van der Waals surface area contributed by atoms with Gasteiger partial charge in [-0.15, -0.1) is 0 Å². The van der Waals surface area contributed by atoms with Gasteiger partial charge >= 0.3 is 0 Å². The van der Waals surface area contributed by atoms with Crippen LogP contribution in [0.2, 0.25) is 0 Å². The highest BCUT2D eigenvalue weighted by molar-refractivity contribution is 5.19. The van der Waals surface area contributed by atoms with Crippen LogP contribution in [0.5, 0.6) is 0 Å². The Morgan fingerprint density at radius 2 is 2.17 bits per heavy atom. The summed E-state index contributed by atoms with van der Waals surface area (Å²) in [5, 5.41) is 3.11. The maximum Gasteiger partial charge on any atom is 0.0925 e. The molecule has 2 N–H and O–H groups in total. The predicted molar refractivity (Wildman–Crippen MR) is 50.1 cm³/mol. The number of hydrogen-bond acceptors (Lipinski definition) is 2. The molecule has 1 aromatic heterocycles. The molecule has 1 rings (SSSR count). The number of aromatic amines is 1. The molecule has 0 aliphatic carbocycles. The van der Waals surface area contributed by atoms with Crippen LogP contribution in [0.4, 0.5) is 0 Å². The summed E-state index contributed by atoms with van der Waals surface area (Å²) in [6.45, 7) is 7.36. The summed E-state index contributed by atoms with van der Waals surface area (Å²) < 4.78 is 0. The molecular weight excluding hydrogens is 150 g/mol. The van der Waals surface area contributed by atoms with Gasteiger partial charge < -0.3 is 10.3 Å². The van der Waals surface area contributed by atoms with Gasteiger partial charge in [-0.05, 0) is 7.05 Å². The van der Waals surface area contributed by atoms with Crippen molar-refractivity contribution in [1.29, 1.82) is 0 Å². The van der Waals surface area contributed by atoms with E-state index in [0.29, 0.717) is 0 Å². The van der Waals surface area contributed by atoms with E-state index in [0.717, 1.165) is 12.2 Å². The molecule has 0 unspecified atom stereocenters. The summed E-state index contributed by atoms with van der Waals surface area (Å²) in [4.78, 5) is 7.45. The van der Waals surface area contributed by atoms with Crippen molar-refractivity contribution in [3.8, 4) is 0 Å². The van der Waals surface area contributed by atoms with Gasteiger partial charge in [-0.25, -0.2) is 4.98 Å². The monoisotopic (exact) mass is 167 g/mol. The van der Waals surface area contributed by atoms with Crippen LogP contribution in [0.15, 0.2) is 6.33 Å². The van der Waals surface area contributed by atoms with Crippen LogP contribution in [-0.4, -0.2) is 17.0 Å². The molecule has 1 aromatic rings. The Morgan fingerprint density at radius 1 is 1.50 bits per heavy atom. The smallest absolute Gasteiger partial charge is 0.0925 e. The second-order valence-corrected chi connectivity index (χ2v) is 4.01. The van der Waals surface area contributed by atoms with Crippen molar-refractivity contribution < 1.29 is 0 Å². The van der Waals surface area contributed by atoms with E-state index < -0.39 is 0 Å². The zero-order valence-corrected chi connectivity index (χ0v) is 8.23. The van der Waals surface area contributed by atoms with Crippen molar-refractivity contribution in [2.24, 2.45) is 0 Å². The van der Waals surface area contributed by atoms with Gasteiger partial charge in [0, 0.05) is 12.0 Å². The number of imidazole rings is 1. The van der Waals surface area contributed by atoms with Crippen LogP contribution in [-0.2, 0) is 12.0 Å². The molecular formula is C9H17N3. The number of H-pyrrole nitrogens is 1. The highest BCUT2D eigenvalue weighted by atomic mass is 14.9. The minimum atomic E-state index is 0.131. The van der Waals surface area contributed by atoms with E-state index in [-0.39, 0.29) is 5.41 Å². The summed E-state index contributed by atoms with van der Waals surface area (Å²) in [7, 11) is 1.94. The van der Waals surface area contributed by atoms with Gasteiger partial charge in [-0.1, -0.05) is 20.8 Å². The lowest BCUT2D eigenvalue weighted by Crippen LogP contribution is -2.17. The van der Waals surface area contributed by atoms with Gasteiger partial charge in [0.25, 0.3) is 0 Å². The first-order valence-electron chi connectivity index (χ1n) is 4.23. The topological polar surface area (TPSA) is 40.7 Å². The van der Waals surface area contributed by atoms with Gasteiger partial charge in [0.05, 0.1) is 17.7 Å². The largest absolute Gasteiger partial charge is 0.347 e. The lowest BCUT2D eigenvalue weighted by atomic mass is 9.91. The minimum Gasteiger partial charge on any atom is -0.347 e. The molecule has 0 aliphatic heterocycles. The van der Waals surface area contributed by atoms with E-state index in [1.54, 1.807) is 6.33 Å². The molecule has 0 atom stereocenters. The first kappa shape index (κ1) is 9.26. The second kappa shape index (κ2) is 3.27. The van der Waals surface area contributed by atoms with E-state index in [9.17, 15) is 0 Å². The Hall–Kier alpha value is -0.830. The van der Waals surface area contributed by atoms with Crippen LogP contribution in [0.1, 0.15) is 32.2 Å². The first-order chi connectivity index (χ1) is 5.55. The van der Waals surface area contributed by atoms with E-state index in [4.69, 9.17) is 0 Å². The molecule has 0 bridgehead atoms. The summed E-state index contributed by atoms with van der Waals surface area (Å²) in [6, 6.07) is 0. The molecule has 12 heavy (non-hydrogen) atoms. The number of rotatable bonds is 2. The number of aromatic nitrogens is 2.